The first kappa shape index (κ1) is 14.2. The van der Waals surface area contributed by atoms with Crippen LogP contribution in [0.5, 0.6) is 0 Å². The molecule has 2 unspecified atom stereocenters. The molecule has 2 aromatic heterocycles. The third-order valence-corrected chi connectivity index (χ3v) is 4.54. The molecule has 0 spiro atoms. The number of hydrogen-bond acceptors (Lipinski definition) is 6. The SMILES string of the molecule is CC1CCN(Cc2cc(=O)n3ncsc3n2)C(C(=O)O)C1. The topological polar surface area (TPSA) is 87.8 Å². The van der Waals surface area contributed by atoms with E-state index in [-0.39, 0.29) is 5.56 Å². The third kappa shape index (κ3) is 2.81. The summed E-state index contributed by atoms with van der Waals surface area (Å²) in [7, 11) is 0. The summed E-state index contributed by atoms with van der Waals surface area (Å²) < 4.78 is 1.25. The summed E-state index contributed by atoms with van der Waals surface area (Å²) >= 11 is 1.29. The lowest BCUT2D eigenvalue weighted by atomic mass is 9.92. The largest absolute Gasteiger partial charge is 0.480 e. The molecule has 3 rings (SSSR count). The second-order valence-electron chi connectivity index (χ2n) is 5.47. The predicted octanol–water partition coefficient (Wildman–Crippen LogP) is 0.836. The summed E-state index contributed by atoms with van der Waals surface area (Å²) in [5, 5.41) is 13.3. The standard InChI is InChI=1S/C13H16N4O3S/c1-8-2-3-16(10(4-8)12(19)20)6-9-5-11(18)17-13(15-9)21-7-14-17/h5,7-8,10H,2-4,6H2,1H3,(H,19,20). The fourth-order valence-corrected chi connectivity index (χ4v) is 3.37. The van der Waals surface area contributed by atoms with Gasteiger partial charge in [0, 0.05) is 12.6 Å². The first-order valence-corrected chi connectivity index (χ1v) is 7.72. The fourth-order valence-electron chi connectivity index (χ4n) is 2.73. The Morgan fingerprint density at radius 3 is 3.14 bits per heavy atom. The molecule has 2 atom stereocenters. The Kier molecular flexibility index (Phi) is 3.73. The van der Waals surface area contributed by atoms with Gasteiger partial charge in [0.1, 0.15) is 11.6 Å². The van der Waals surface area contributed by atoms with Gasteiger partial charge in [0.2, 0.25) is 4.96 Å². The predicted molar refractivity (Wildman–Crippen MR) is 77.4 cm³/mol. The number of aliphatic carboxylic acids is 1. The van der Waals surface area contributed by atoms with Gasteiger partial charge in [-0.25, -0.2) is 4.98 Å². The molecule has 8 heteroatoms. The van der Waals surface area contributed by atoms with E-state index < -0.39 is 12.0 Å². The summed E-state index contributed by atoms with van der Waals surface area (Å²) in [4.78, 5) is 30.1. The van der Waals surface area contributed by atoms with Crippen LogP contribution in [0.4, 0.5) is 0 Å². The molecule has 0 aromatic carbocycles. The molecule has 3 heterocycles. The Hall–Kier alpha value is -1.80. The maximum atomic E-state index is 11.9. The van der Waals surface area contributed by atoms with Gasteiger partial charge in [-0.1, -0.05) is 18.3 Å². The number of nitrogens with zero attached hydrogens (tertiary/aromatic N) is 4. The number of carboxylic acid groups (broad SMARTS) is 1. The van der Waals surface area contributed by atoms with Crippen LogP contribution in [0, 0.1) is 5.92 Å². The van der Waals surface area contributed by atoms with E-state index in [0.29, 0.717) is 36.1 Å². The van der Waals surface area contributed by atoms with Crippen LogP contribution in [-0.2, 0) is 11.3 Å². The van der Waals surface area contributed by atoms with Crippen LogP contribution in [0.2, 0.25) is 0 Å². The summed E-state index contributed by atoms with van der Waals surface area (Å²) in [6, 6.07) is 0.930. The minimum atomic E-state index is -0.808. The normalized spacial score (nSPS) is 23.5. The molecule has 1 N–H and O–H groups in total. The van der Waals surface area contributed by atoms with Gasteiger partial charge in [-0.15, -0.1) is 0 Å². The zero-order valence-corrected chi connectivity index (χ0v) is 12.4. The van der Waals surface area contributed by atoms with E-state index in [9.17, 15) is 14.7 Å². The quantitative estimate of drug-likeness (QED) is 0.904. The maximum absolute atomic E-state index is 11.9. The minimum Gasteiger partial charge on any atom is -0.480 e. The first-order chi connectivity index (χ1) is 10.0. The fraction of sp³-hybridized carbons (Fsp3) is 0.538. The molecule has 21 heavy (non-hydrogen) atoms. The average molecular weight is 308 g/mol. The van der Waals surface area contributed by atoms with Crippen LogP contribution in [0.25, 0.3) is 4.96 Å². The molecule has 2 aromatic rings. The van der Waals surface area contributed by atoms with Gasteiger partial charge >= 0.3 is 5.97 Å². The van der Waals surface area contributed by atoms with Crippen LogP contribution in [-0.4, -0.2) is 43.2 Å². The van der Waals surface area contributed by atoms with Crippen LogP contribution in [0.15, 0.2) is 16.4 Å². The number of rotatable bonds is 3. The number of piperidine rings is 1. The number of likely N-dealkylation sites (tertiary alicyclic amines) is 1. The van der Waals surface area contributed by atoms with E-state index in [1.165, 1.54) is 21.9 Å². The van der Waals surface area contributed by atoms with E-state index in [1.807, 2.05) is 4.90 Å². The highest BCUT2D eigenvalue weighted by molar-refractivity contribution is 7.14. The lowest BCUT2D eigenvalue weighted by Crippen LogP contribution is -2.46. The van der Waals surface area contributed by atoms with E-state index in [2.05, 4.69) is 17.0 Å². The summed E-state index contributed by atoms with van der Waals surface area (Å²) in [5.41, 5.74) is 1.94. The molecule has 1 aliphatic rings. The van der Waals surface area contributed by atoms with Crippen molar-refractivity contribution in [3.63, 3.8) is 0 Å². The van der Waals surface area contributed by atoms with Crippen LogP contribution in [0.1, 0.15) is 25.5 Å². The van der Waals surface area contributed by atoms with Crippen LogP contribution < -0.4 is 5.56 Å². The van der Waals surface area contributed by atoms with E-state index >= 15 is 0 Å². The van der Waals surface area contributed by atoms with Gasteiger partial charge < -0.3 is 5.11 Å². The lowest BCUT2D eigenvalue weighted by Gasteiger charge is -2.35. The molecule has 0 bridgehead atoms. The van der Waals surface area contributed by atoms with Crippen molar-refractivity contribution in [3.05, 3.63) is 27.6 Å². The lowest BCUT2D eigenvalue weighted by molar-refractivity contribution is -0.145. The second-order valence-corrected chi connectivity index (χ2v) is 6.28. The zero-order chi connectivity index (χ0) is 15.0. The zero-order valence-electron chi connectivity index (χ0n) is 11.6. The Balaban J connectivity index is 1.86. The highest BCUT2D eigenvalue weighted by atomic mass is 32.1. The highest BCUT2D eigenvalue weighted by Gasteiger charge is 2.31. The van der Waals surface area contributed by atoms with Crippen molar-refractivity contribution in [1.29, 1.82) is 0 Å². The van der Waals surface area contributed by atoms with Gasteiger partial charge in [0.15, 0.2) is 0 Å². The highest BCUT2D eigenvalue weighted by Crippen LogP contribution is 2.24. The third-order valence-electron chi connectivity index (χ3n) is 3.87. The van der Waals surface area contributed by atoms with Crippen molar-refractivity contribution in [3.8, 4) is 0 Å². The van der Waals surface area contributed by atoms with Gasteiger partial charge in [0.25, 0.3) is 5.56 Å². The van der Waals surface area contributed by atoms with Crippen LogP contribution >= 0.6 is 11.3 Å². The monoisotopic (exact) mass is 308 g/mol. The molecule has 0 aliphatic carbocycles. The minimum absolute atomic E-state index is 0.228. The molecule has 1 saturated heterocycles. The van der Waals surface area contributed by atoms with Gasteiger partial charge in [-0.2, -0.15) is 9.61 Å². The number of hydrogen-bond donors (Lipinski definition) is 1. The number of fused-ring (bicyclic) bond motifs is 1. The summed E-state index contributed by atoms with van der Waals surface area (Å²) in [6.45, 7) is 3.16. The molecule has 0 radical (unpaired) electrons. The smallest absolute Gasteiger partial charge is 0.320 e. The Morgan fingerprint density at radius 1 is 1.57 bits per heavy atom. The van der Waals surface area contributed by atoms with E-state index in [1.54, 1.807) is 5.51 Å². The maximum Gasteiger partial charge on any atom is 0.320 e. The van der Waals surface area contributed by atoms with E-state index in [0.717, 1.165) is 6.42 Å². The van der Waals surface area contributed by atoms with Crippen LogP contribution in [0.3, 0.4) is 0 Å². The summed E-state index contributed by atoms with van der Waals surface area (Å²) in [5.74, 6) is -0.401. The van der Waals surface area contributed by atoms with Crippen molar-refractivity contribution < 1.29 is 9.90 Å². The van der Waals surface area contributed by atoms with Crippen molar-refractivity contribution in [2.24, 2.45) is 5.92 Å². The number of carboxylic acids is 1. The molecule has 1 fully saturated rings. The van der Waals surface area contributed by atoms with Crippen molar-refractivity contribution in [1.82, 2.24) is 19.5 Å². The molecule has 112 valence electrons. The van der Waals surface area contributed by atoms with Crippen molar-refractivity contribution >= 4 is 22.3 Å². The van der Waals surface area contributed by atoms with Gasteiger partial charge in [-0.05, 0) is 25.3 Å². The molecule has 1 aliphatic heterocycles. The summed E-state index contributed by atoms with van der Waals surface area (Å²) in [6.07, 6.45) is 1.60. The molecular weight excluding hydrogens is 292 g/mol. The molecule has 0 amide bonds. The first-order valence-electron chi connectivity index (χ1n) is 6.84. The van der Waals surface area contributed by atoms with Gasteiger partial charge in [0.05, 0.1) is 5.69 Å². The average Bonchev–Trinajstić information content (AvgIpc) is 2.89. The van der Waals surface area contributed by atoms with E-state index in [4.69, 9.17) is 0 Å². The molecular formula is C13H16N4O3S. The number of carbonyl (C=O) groups is 1. The second kappa shape index (κ2) is 5.53. The Labute approximate surface area is 124 Å². The van der Waals surface area contributed by atoms with Crippen molar-refractivity contribution in [2.45, 2.75) is 32.4 Å². The molecule has 0 saturated carbocycles. The van der Waals surface area contributed by atoms with Gasteiger partial charge in [-0.3, -0.25) is 14.5 Å². The Morgan fingerprint density at radius 2 is 2.38 bits per heavy atom. The number of aromatic nitrogens is 3. The molecule has 7 nitrogen and oxygen atoms in total. The van der Waals surface area contributed by atoms with Crippen molar-refractivity contribution in [2.75, 3.05) is 6.54 Å². The Bertz CT molecular complexity index is 726.